The average Bonchev–Trinajstić information content (AvgIpc) is 3.86. The lowest BCUT2D eigenvalue weighted by atomic mass is 9.87. The molecule has 2 aromatic carbocycles. The van der Waals surface area contributed by atoms with Gasteiger partial charge in [-0.25, -0.2) is 19.9 Å². The highest BCUT2D eigenvalue weighted by atomic mass is 35.5. The lowest BCUT2D eigenvalue weighted by molar-refractivity contribution is 0.324. The molecule has 2 aliphatic carbocycles. The predicted molar refractivity (Wildman–Crippen MR) is 212 cm³/mol. The summed E-state index contributed by atoms with van der Waals surface area (Å²) in [5.74, 6) is 4.73. The number of nitrogens with two attached hydrogens (primary N) is 3. The zero-order valence-corrected chi connectivity index (χ0v) is 32.2. The van der Waals surface area contributed by atoms with E-state index >= 15 is 0 Å². The van der Waals surface area contributed by atoms with Crippen molar-refractivity contribution in [2.75, 3.05) is 54.0 Å². The van der Waals surface area contributed by atoms with Crippen LogP contribution in [-0.2, 0) is 0 Å². The summed E-state index contributed by atoms with van der Waals surface area (Å²) in [5, 5.41) is 11.2. The molecule has 2 aromatic heterocycles. The number of fused-ring (bicyclic) bond motifs is 2. The van der Waals surface area contributed by atoms with Crippen LogP contribution in [0.25, 0.3) is 22.5 Å². The first-order chi connectivity index (χ1) is 24.8. The molecule has 6 N–H and O–H groups in total. The van der Waals surface area contributed by atoms with Gasteiger partial charge in [-0.1, -0.05) is 77.6 Å². The number of aromatic nitrogens is 4. The van der Waals surface area contributed by atoms with Gasteiger partial charge in [-0.05, 0) is 80.4 Å². The fourth-order valence-corrected chi connectivity index (χ4v) is 9.69. The van der Waals surface area contributed by atoms with Crippen molar-refractivity contribution in [3.63, 3.8) is 0 Å². The second-order valence-electron chi connectivity index (χ2n) is 15.5. The molecular weight excluding hydrogens is 738 g/mol. The van der Waals surface area contributed by atoms with Gasteiger partial charge in [-0.3, -0.25) is 0 Å². The number of benzene rings is 2. The van der Waals surface area contributed by atoms with Crippen molar-refractivity contribution in [1.82, 2.24) is 19.9 Å². The molecule has 4 fully saturated rings. The molecule has 0 bridgehead atoms. The molecule has 4 aliphatic rings. The van der Waals surface area contributed by atoms with E-state index in [1.54, 1.807) is 24.5 Å². The maximum Gasteiger partial charge on any atom is 0.152 e. The first-order valence-corrected chi connectivity index (χ1v) is 19.1. The van der Waals surface area contributed by atoms with E-state index in [0.29, 0.717) is 83.3 Å². The summed E-state index contributed by atoms with van der Waals surface area (Å²) in [5.41, 5.74) is 20.9. The van der Waals surface area contributed by atoms with Crippen LogP contribution in [0.1, 0.15) is 39.5 Å². The number of rotatable bonds is 5. The number of halogens is 4. The maximum atomic E-state index is 9.36. The third-order valence-corrected chi connectivity index (χ3v) is 13.1. The van der Waals surface area contributed by atoms with Gasteiger partial charge in [-0.15, -0.1) is 0 Å². The second-order valence-corrected chi connectivity index (χ2v) is 17.1. The molecule has 14 heteroatoms. The monoisotopic (exact) mass is 778 g/mol. The average molecular weight is 781 g/mol. The van der Waals surface area contributed by atoms with Gasteiger partial charge in [0.1, 0.15) is 23.0 Å². The fraction of sp³-hybridized carbons (Fsp3) is 0.447. The Labute approximate surface area is 324 Å². The number of hydrogen-bond donors (Lipinski definition) is 3. The van der Waals surface area contributed by atoms with Crippen LogP contribution in [0, 0.1) is 45.8 Å². The Morgan fingerprint density at radius 2 is 1.12 bits per heavy atom. The summed E-state index contributed by atoms with van der Waals surface area (Å²) in [4.78, 5) is 22.7. The first-order valence-electron chi connectivity index (χ1n) is 17.6. The summed E-state index contributed by atoms with van der Waals surface area (Å²) in [6, 6.07) is 13.3. The Balaban J connectivity index is 0.000000162. The molecule has 0 amide bonds. The maximum absolute atomic E-state index is 9.36. The van der Waals surface area contributed by atoms with Crippen molar-refractivity contribution in [2.45, 2.75) is 39.5 Å². The minimum absolute atomic E-state index is 0.181. The van der Waals surface area contributed by atoms with Gasteiger partial charge in [0.15, 0.2) is 11.6 Å². The summed E-state index contributed by atoms with van der Waals surface area (Å²) in [6.45, 7) is 8.91. The topological polar surface area (TPSA) is 160 Å². The third-order valence-electron chi connectivity index (χ3n) is 11.5. The Morgan fingerprint density at radius 1 is 0.712 bits per heavy atom. The van der Waals surface area contributed by atoms with Crippen molar-refractivity contribution < 1.29 is 0 Å². The molecule has 2 saturated heterocycles. The molecule has 0 radical (unpaired) electrons. The van der Waals surface area contributed by atoms with Gasteiger partial charge in [0, 0.05) is 37.3 Å². The molecule has 0 spiro atoms. The van der Waals surface area contributed by atoms with E-state index in [-0.39, 0.29) is 5.41 Å². The van der Waals surface area contributed by atoms with Crippen molar-refractivity contribution in [3.05, 3.63) is 68.9 Å². The molecular formula is C38H42Cl4N10. The van der Waals surface area contributed by atoms with Crippen LogP contribution in [0.15, 0.2) is 48.8 Å². The molecule has 6 atom stereocenters. The normalized spacial score (nSPS) is 27.6. The molecule has 2 saturated carbocycles. The van der Waals surface area contributed by atoms with Crippen molar-refractivity contribution in [2.24, 2.45) is 40.2 Å². The van der Waals surface area contributed by atoms with Gasteiger partial charge in [0.25, 0.3) is 0 Å². The molecule has 52 heavy (non-hydrogen) atoms. The Bertz CT molecular complexity index is 2010. The molecule has 2 aliphatic heterocycles. The van der Waals surface area contributed by atoms with Crippen LogP contribution in [0.2, 0.25) is 20.1 Å². The summed E-state index contributed by atoms with van der Waals surface area (Å²) < 4.78 is 0. The van der Waals surface area contributed by atoms with Crippen LogP contribution in [0.4, 0.5) is 23.3 Å². The van der Waals surface area contributed by atoms with Crippen molar-refractivity contribution >= 4 is 69.7 Å². The zero-order chi connectivity index (χ0) is 36.9. The van der Waals surface area contributed by atoms with E-state index in [2.05, 4.69) is 49.7 Å². The zero-order valence-electron chi connectivity index (χ0n) is 29.2. The molecule has 8 rings (SSSR count). The minimum Gasteiger partial charge on any atom is -0.382 e. The third kappa shape index (κ3) is 7.06. The largest absolute Gasteiger partial charge is 0.382 e. The summed E-state index contributed by atoms with van der Waals surface area (Å²) >= 11 is 24.8. The van der Waals surface area contributed by atoms with E-state index < -0.39 is 0 Å². The van der Waals surface area contributed by atoms with E-state index in [1.807, 2.05) is 24.3 Å². The highest BCUT2D eigenvalue weighted by Gasteiger charge is 2.48. The molecule has 4 aromatic rings. The standard InChI is InChI=1S/C19H23Cl2N5.C19H19Cl2N5/c2*1-19(10-22)5-11-8-26(9-12(11)6-19)15-7-24-17(18(23)25-15)13-3-2-4-14(20)16(13)21/h2-4,7,11-12H,5-6,8-10,22H2,1H3,(H2,23,25);2-4,7,11-12H,5-6,8-9H2,1H3,(H2,23,25)/t2*11-,12+,19?. The van der Waals surface area contributed by atoms with Crippen LogP contribution >= 0.6 is 46.4 Å². The van der Waals surface area contributed by atoms with Crippen molar-refractivity contribution in [3.8, 4) is 28.6 Å². The second kappa shape index (κ2) is 14.3. The minimum atomic E-state index is -0.181. The SMILES string of the molecule is CC1(C#N)C[C@H]2CN(c3cnc(-c4cccc(Cl)c4Cl)c(N)n3)C[C@H]2C1.CC1(CN)C[C@H]2CN(c3cnc(-c4cccc(Cl)c4Cl)c(N)n3)C[C@H]2C1. The van der Waals surface area contributed by atoms with E-state index in [1.165, 1.54) is 12.8 Å². The molecule has 4 heterocycles. The lowest BCUT2D eigenvalue weighted by Crippen LogP contribution is -2.29. The lowest BCUT2D eigenvalue weighted by Gasteiger charge is -2.26. The van der Waals surface area contributed by atoms with Crippen LogP contribution in [-0.4, -0.2) is 52.7 Å². The molecule has 272 valence electrons. The summed E-state index contributed by atoms with van der Waals surface area (Å²) in [6.07, 6.45) is 7.79. The van der Waals surface area contributed by atoms with Crippen LogP contribution < -0.4 is 27.0 Å². The van der Waals surface area contributed by atoms with Gasteiger partial charge in [0.2, 0.25) is 0 Å². The highest BCUT2D eigenvalue weighted by molar-refractivity contribution is 6.44. The fourth-order valence-electron chi connectivity index (χ4n) is 8.91. The van der Waals surface area contributed by atoms with E-state index in [4.69, 9.17) is 63.6 Å². The van der Waals surface area contributed by atoms with Gasteiger partial charge >= 0.3 is 0 Å². The Hall–Kier alpha value is -3.59. The Morgan fingerprint density at radius 3 is 1.48 bits per heavy atom. The number of hydrogen-bond acceptors (Lipinski definition) is 10. The van der Waals surface area contributed by atoms with Gasteiger partial charge < -0.3 is 27.0 Å². The molecule has 2 unspecified atom stereocenters. The molecule has 10 nitrogen and oxygen atoms in total. The van der Waals surface area contributed by atoms with Gasteiger partial charge in [-0.2, -0.15) is 5.26 Å². The van der Waals surface area contributed by atoms with Crippen molar-refractivity contribution in [1.29, 1.82) is 5.26 Å². The summed E-state index contributed by atoms with van der Waals surface area (Å²) in [7, 11) is 0. The Kier molecular flexibility index (Phi) is 10.1. The van der Waals surface area contributed by atoms with Crippen LogP contribution in [0.3, 0.4) is 0 Å². The first kappa shape index (κ1) is 36.8. The smallest absolute Gasteiger partial charge is 0.152 e. The number of anilines is 4. The quantitative estimate of drug-likeness (QED) is 0.180. The number of nitrogens with zero attached hydrogens (tertiary/aromatic N) is 7. The number of nitrogen functional groups attached to an aromatic ring is 2. The van der Waals surface area contributed by atoms with Gasteiger partial charge in [0.05, 0.1) is 44.0 Å². The van der Waals surface area contributed by atoms with E-state index in [9.17, 15) is 5.26 Å². The number of nitriles is 1. The predicted octanol–water partition coefficient (Wildman–Crippen LogP) is 8.25. The van der Waals surface area contributed by atoms with Crippen LogP contribution in [0.5, 0.6) is 0 Å². The highest BCUT2D eigenvalue weighted by Crippen LogP contribution is 2.50. The van der Waals surface area contributed by atoms with E-state index in [0.717, 1.165) is 57.2 Å².